The quantitative estimate of drug-likeness (QED) is 0.408. The molecule has 0 heterocycles. The molecule has 1 radical (unpaired) electrons. The first-order chi connectivity index (χ1) is 1.73. The van der Waals surface area contributed by atoms with Gasteiger partial charge >= 0.3 is 8.42 Å². The van der Waals surface area contributed by atoms with E-state index in [9.17, 15) is 8.39 Å². The van der Waals surface area contributed by atoms with E-state index in [2.05, 4.69) is 0 Å². The third kappa shape index (κ3) is 1130. The van der Waals surface area contributed by atoms with Crippen molar-refractivity contribution in [2.75, 3.05) is 0 Å². The van der Waals surface area contributed by atoms with E-state index < -0.39 is 8.42 Å². The summed E-state index contributed by atoms with van der Waals surface area (Å²) in [7, 11) is -3.87. The van der Waals surface area contributed by atoms with Crippen LogP contribution in [0.1, 0.15) is 0 Å². The van der Waals surface area contributed by atoms with Crippen LogP contribution < -0.4 is 0 Å². The Morgan fingerprint density at radius 3 is 1.50 bits per heavy atom. The highest BCUT2D eigenvalue weighted by Gasteiger charge is 1.77. The van der Waals surface area contributed by atoms with E-state index >= 15 is 0 Å². The summed E-state index contributed by atoms with van der Waals surface area (Å²) in [6.45, 7) is 0. The van der Waals surface area contributed by atoms with Crippen LogP contribution in [0, 0.1) is 0 Å². The van der Waals surface area contributed by atoms with Crippen LogP contribution in [0.15, 0.2) is 0 Å². The molecule has 0 saturated heterocycles. The summed E-state index contributed by atoms with van der Waals surface area (Å²) in [4.78, 5) is 0. The van der Waals surface area contributed by atoms with Gasteiger partial charge in [-0.2, -0.15) is 0 Å². The smallest absolute Gasteiger partial charge is 0.212 e. The van der Waals surface area contributed by atoms with Crippen molar-refractivity contribution in [3.63, 3.8) is 0 Å². The van der Waals surface area contributed by atoms with Gasteiger partial charge < -0.3 is 0 Å². The van der Waals surface area contributed by atoms with Gasteiger partial charge in [-0.3, -0.25) is 0 Å². The molecule has 0 aliphatic rings. The van der Waals surface area contributed by atoms with E-state index in [0.29, 0.717) is 0 Å². The minimum atomic E-state index is -3.87. The fourth-order valence-electron chi connectivity index (χ4n) is 0. The lowest BCUT2D eigenvalue weighted by molar-refractivity contribution is 0.521. The molecule has 0 saturated carbocycles. The van der Waals surface area contributed by atoms with Crippen LogP contribution in [0.5, 0.6) is 0 Å². The van der Waals surface area contributed by atoms with E-state index in [4.69, 9.17) is 4.57 Å². The summed E-state index contributed by atoms with van der Waals surface area (Å²) in [5.74, 6) is 0. The number of halogens is 2. The summed E-state index contributed by atoms with van der Waals surface area (Å²) in [6, 6.07) is 0. The molecule has 0 aliphatic heterocycles. The molecule has 0 aliphatic carbocycles. The van der Waals surface area contributed by atoms with E-state index in [1.54, 1.807) is 0 Å². The van der Waals surface area contributed by atoms with Crippen LogP contribution in [0.3, 0.4) is 0 Å². The molecular weight excluding hydrogens is 85.0 g/mol. The third-order valence-electron chi connectivity index (χ3n) is 0. The summed E-state index contributed by atoms with van der Waals surface area (Å²) in [5, 5.41) is 0. The molecule has 0 rings (SSSR count). The minimum Gasteiger partial charge on any atom is -0.212 e. The molecule has 25 valence electrons. The molecule has 0 fully saturated rings. The Hall–Kier alpha value is -0.0400. The highest BCUT2D eigenvalue weighted by atomic mass is 31.2. The van der Waals surface area contributed by atoms with Crippen molar-refractivity contribution < 1.29 is 13.0 Å². The summed E-state index contributed by atoms with van der Waals surface area (Å²) in [5.41, 5.74) is 0. The van der Waals surface area contributed by atoms with Crippen molar-refractivity contribution in [1.29, 1.82) is 0 Å². The normalized spacial score (nSPS) is 6.50. The zero-order chi connectivity index (χ0) is 3.58. The Kier molecular flexibility index (Phi) is 1.28. The van der Waals surface area contributed by atoms with Crippen LogP contribution in [0.2, 0.25) is 0 Å². The second kappa shape index (κ2) is 1.30. The lowest BCUT2D eigenvalue weighted by Crippen LogP contribution is -1.04. The number of hydrogen-bond acceptors (Lipinski definition) is 1. The van der Waals surface area contributed by atoms with Gasteiger partial charge in [-0.15, -0.1) is 8.39 Å². The van der Waals surface area contributed by atoms with Gasteiger partial charge in [0.25, 0.3) is 0 Å². The molecule has 0 aromatic heterocycles. The van der Waals surface area contributed by atoms with Crippen molar-refractivity contribution in [3.05, 3.63) is 0 Å². The van der Waals surface area contributed by atoms with Crippen molar-refractivity contribution in [2.24, 2.45) is 0 Å². The maximum atomic E-state index is 9.84. The fourth-order valence-corrected chi connectivity index (χ4v) is 0. The van der Waals surface area contributed by atoms with Gasteiger partial charge in [-0.1, -0.05) is 0 Å². The fraction of sp³-hybridized carbons (Fsp3) is 0. The first-order valence-electron chi connectivity index (χ1n) is 0.521. The van der Waals surface area contributed by atoms with Crippen molar-refractivity contribution >= 4 is 8.42 Å². The Morgan fingerprint density at radius 2 is 1.50 bits per heavy atom. The van der Waals surface area contributed by atoms with Gasteiger partial charge in [0.05, 0.1) is 0 Å². The monoisotopic (exact) mass is 85.0 g/mol. The second-order valence-electron chi connectivity index (χ2n) is 0.202. The van der Waals surface area contributed by atoms with Gasteiger partial charge in [-0.25, -0.2) is 4.57 Å². The third-order valence-corrected chi connectivity index (χ3v) is 0. The largest absolute Gasteiger partial charge is 0.450 e. The van der Waals surface area contributed by atoms with Gasteiger partial charge in [0.1, 0.15) is 0 Å². The summed E-state index contributed by atoms with van der Waals surface area (Å²) < 4.78 is 27.9. The summed E-state index contributed by atoms with van der Waals surface area (Å²) in [6.07, 6.45) is 0. The molecule has 4 heteroatoms. The molecule has 0 N–H and O–H groups in total. The molecule has 0 spiro atoms. The number of rotatable bonds is 0. The average molecular weight is 85.0 g/mol. The van der Waals surface area contributed by atoms with Crippen LogP contribution in [-0.4, -0.2) is 0 Å². The standard InChI is InChI=1S/F2OP/c1-4(2)3. The molecule has 0 bridgehead atoms. The zero-order valence-corrected chi connectivity index (χ0v) is 2.51. The van der Waals surface area contributed by atoms with Crippen LogP contribution >= 0.6 is 8.42 Å². The maximum absolute atomic E-state index is 9.84. The average Bonchev–Trinajstić information content (AvgIpc) is 0.811. The lowest BCUT2D eigenvalue weighted by atomic mass is 16.0. The minimum absolute atomic E-state index is 3.87. The molecule has 0 amide bonds. The maximum Gasteiger partial charge on any atom is 0.450 e. The predicted octanol–water partition coefficient (Wildman–Crippen LogP) is 1.58. The van der Waals surface area contributed by atoms with Crippen LogP contribution in [0.4, 0.5) is 8.39 Å². The molecule has 0 aromatic carbocycles. The highest BCUT2D eigenvalue weighted by Crippen LogP contribution is 2.20. The summed E-state index contributed by atoms with van der Waals surface area (Å²) >= 11 is 0. The van der Waals surface area contributed by atoms with E-state index in [-0.39, 0.29) is 0 Å². The molecule has 4 heavy (non-hydrogen) atoms. The first-order valence-corrected chi connectivity index (χ1v) is 1.56. The molecule has 0 atom stereocenters. The van der Waals surface area contributed by atoms with Gasteiger partial charge in [0.2, 0.25) is 0 Å². The lowest BCUT2D eigenvalue weighted by Gasteiger charge is -1.45. The highest BCUT2D eigenvalue weighted by molar-refractivity contribution is 7.32. The van der Waals surface area contributed by atoms with E-state index in [1.807, 2.05) is 0 Å². The zero-order valence-electron chi connectivity index (χ0n) is 1.61. The molecular formula is F2OP. The topological polar surface area (TPSA) is 17.1 Å². The SMILES string of the molecule is O=[P](F)F. The molecule has 1 nitrogen and oxygen atoms in total. The Bertz CT molecular complexity index is 29.0. The Balaban J connectivity index is 2.80. The van der Waals surface area contributed by atoms with Crippen molar-refractivity contribution in [3.8, 4) is 0 Å². The van der Waals surface area contributed by atoms with Gasteiger partial charge in [0, 0.05) is 0 Å². The van der Waals surface area contributed by atoms with Gasteiger partial charge in [-0.05, 0) is 0 Å². The van der Waals surface area contributed by atoms with Crippen molar-refractivity contribution in [1.82, 2.24) is 0 Å². The molecule has 0 unspecified atom stereocenters. The van der Waals surface area contributed by atoms with E-state index in [1.165, 1.54) is 0 Å². The Labute approximate surface area is 22.7 Å². The first kappa shape index (κ1) is 3.96. The Morgan fingerprint density at radius 1 is 1.50 bits per heavy atom. The number of hydrogen-bond donors (Lipinski definition) is 0. The van der Waals surface area contributed by atoms with Crippen LogP contribution in [0.25, 0.3) is 0 Å². The predicted molar refractivity (Wildman–Crippen MR) is 9.82 cm³/mol. The second-order valence-corrected chi connectivity index (χ2v) is 0.606. The van der Waals surface area contributed by atoms with Crippen LogP contribution in [-0.2, 0) is 4.57 Å². The van der Waals surface area contributed by atoms with Gasteiger partial charge in [0.15, 0.2) is 0 Å². The molecule has 0 aromatic rings. The van der Waals surface area contributed by atoms with E-state index in [0.717, 1.165) is 0 Å². The van der Waals surface area contributed by atoms with Crippen molar-refractivity contribution in [2.45, 2.75) is 0 Å².